The molecule has 0 aliphatic heterocycles. The monoisotopic (exact) mass is 390 g/mol. The Bertz CT molecular complexity index is 868. The lowest BCUT2D eigenvalue weighted by Gasteiger charge is -2.08. The predicted octanol–water partition coefficient (Wildman–Crippen LogP) is 2.94. The average Bonchev–Trinajstić information content (AvgIpc) is 3.15. The van der Waals surface area contributed by atoms with Crippen molar-refractivity contribution in [1.29, 1.82) is 0 Å². The van der Waals surface area contributed by atoms with Crippen LogP contribution in [0.5, 0.6) is 0 Å². The van der Waals surface area contributed by atoms with Crippen LogP contribution in [0.15, 0.2) is 18.3 Å². The number of thiophene rings is 1. The molecule has 1 amide bonds. The van der Waals surface area contributed by atoms with Crippen molar-refractivity contribution in [1.82, 2.24) is 4.57 Å². The summed E-state index contributed by atoms with van der Waals surface area (Å²) in [6.45, 7) is -0.423. The molecule has 0 unspecified atom stereocenters. The molecule has 144 valence electrons. The number of fused-ring (bicyclic) bond motifs is 1. The van der Waals surface area contributed by atoms with Crippen LogP contribution in [-0.2, 0) is 34.2 Å². The summed E-state index contributed by atoms with van der Waals surface area (Å²) in [7, 11) is 3.05. The van der Waals surface area contributed by atoms with Gasteiger partial charge in [-0.15, -0.1) is 11.3 Å². The normalized spacial score (nSPS) is 13.4. The summed E-state index contributed by atoms with van der Waals surface area (Å²) in [5.74, 6) is -1.52. The Morgan fingerprint density at radius 2 is 1.96 bits per heavy atom. The fraction of sp³-hybridized carbons (Fsp3) is 0.421. The maximum absolute atomic E-state index is 12.3. The molecule has 0 aromatic carbocycles. The minimum atomic E-state index is -0.576. The first-order chi connectivity index (χ1) is 13.0. The van der Waals surface area contributed by atoms with Crippen LogP contribution in [0.3, 0.4) is 0 Å². The molecule has 0 fully saturated rings. The van der Waals surface area contributed by atoms with Crippen LogP contribution in [0.4, 0.5) is 5.00 Å². The molecule has 1 aliphatic rings. The lowest BCUT2D eigenvalue weighted by Crippen LogP contribution is -2.22. The van der Waals surface area contributed by atoms with E-state index >= 15 is 0 Å². The number of ether oxygens (including phenoxy) is 2. The molecule has 2 aromatic rings. The number of carbonyl (C=O) groups is 3. The highest BCUT2D eigenvalue weighted by atomic mass is 32.1. The molecule has 0 saturated heterocycles. The highest BCUT2D eigenvalue weighted by Gasteiger charge is 2.26. The van der Waals surface area contributed by atoms with E-state index in [-0.39, 0.29) is 0 Å². The van der Waals surface area contributed by atoms with Crippen molar-refractivity contribution < 1.29 is 23.9 Å². The summed E-state index contributed by atoms with van der Waals surface area (Å²) in [5.41, 5.74) is 1.77. The fourth-order valence-electron chi connectivity index (χ4n) is 3.19. The number of carbonyl (C=O) groups excluding carboxylic acids is 3. The zero-order chi connectivity index (χ0) is 19.4. The van der Waals surface area contributed by atoms with E-state index in [0.29, 0.717) is 16.3 Å². The number of methoxy groups -OCH3 is 1. The van der Waals surface area contributed by atoms with E-state index in [4.69, 9.17) is 9.47 Å². The molecule has 2 aromatic heterocycles. The Morgan fingerprint density at radius 3 is 2.67 bits per heavy atom. The maximum atomic E-state index is 12.3. The van der Waals surface area contributed by atoms with Crippen molar-refractivity contribution in [3.8, 4) is 0 Å². The van der Waals surface area contributed by atoms with Crippen LogP contribution in [0, 0.1) is 0 Å². The first-order valence-corrected chi connectivity index (χ1v) is 9.64. The fourth-order valence-corrected chi connectivity index (χ4v) is 4.48. The predicted molar refractivity (Wildman–Crippen MR) is 101 cm³/mol. The van der Waals surface area contributed by atoms with Gasteiger partial charge in [-0.05, 0) is 43.4 Å². The zero-order valence-electron chi connectivity index (χ0n) is 15.4. The van der Waals surface area contributed by atoms with Gasteiger partial charge in [0.1, 0.15) is 10.7 Å². The number of amides is 1. The van der Waals surface area contributed by atoms with Gasteiger partial charge in [0.25, 0.3) is 5.91 Å². The van der Waals surface area contributed by atoms with E-state index < -0.39 is 24.5 Å². The van der Waals surface area contributed by atoms with Crippen molar-refractivity contribution in [2.24, 2.45) is 7.05 Å². The number of nitrogens with one attached hydrogen (secondary N) is 1. The molecule has 0 bridgehead atoms. The summed E-state index contributed by atoms with van der Waals surface area (Å²) in [6, 6.07) is 3.34. The quantitative estimate of drug-likeness (QED) is 0.627. The molecule has 0 spiro atoms. The van der Waals surface area contributed by atoms with Gasteiger partial charge in [-0.1, -0.05) is 6.42 Å². The van der Waals surface area contributed by atoms with Gasteiger partial charge in [0, 0.05) is 18.1 Å². The Hall–Kier alpha value is -2.61. The molecule has 1 aliphatic carbocycles. The van der Waals surface area contributed by atoms with Gasteiger partial charge in [0.15, 0.2) is 6.61 Å². The molecule has 7 nitrogen and oxygen atoms in total. The molecule has 8 heteroatoms. The second kappa shape index (κ2) is 8.39. The lowest BCUT2D eigenvalue weighted by molar-refractivity contribution is -0.119. The summed E-state index contributed by atoms with van der Waals surface area (Å²) in [5, 5.41) is 3.18. The summed E-state index contributed by atoms with van der Waals surface area (Å²) in [4.78, 5) is 37.7. The molecule has 0 radical (unpaired) electrons. The second-order valence-electron chi connectivity index (χ2n) is 6.39. The van der Waals surface area contributed by atoms with Crippen molar-refractivity contribution in [3.63, 3.8) is 0 Å². The third-order valence-electron chi connectivity index (χ3n) is 4.55. The summed E-state index contributed by atoms with van der Waals surface area (Å²) >= 11 is 1.40. The van der Waals surface area contributed by atoms with Gasteiger partial charge in [0.2, 0.25) is 0 Å². The lowest BCUT2D eigenvalue weighted by atomic mass is 10.1. The molecule has 1 N–H and O–H groups in total. The van der Waals surface area contributed by atoms with Crippen LogP contribution in [0.1, 0.15) is 50.5 Å². The molecule has 3 rings (SSSR count). The Morgan fingerprint density at radius 1 is 1.19 bits per heavy atom. The number of rotatable bonds is 5. The number of hydrogen-bond acceptors (Lipinski definition) is 6. The van der Waals surface area contributed by atoms with E-state index in [0.717, 1.165) is 42.5 Å². The first kappa shape index (κ1) is 19.2. The number of nitrogens with zero attached hydrogens (tertiary/aromatic N) is 1. The van der Waals surface area contributed by atoms with Gasteiger partial charge in [0.05, 0.1) is 12.7 Å². The SMILES string of the molecule is COC(=O)c1c(NC(=O)COC(=O)c2cccn2C)sc2c1CCCCC2. The zero-order valence-corrected chi connectivity index (χ0v) is 16.2. The molecule has 2 heterocycles. The molecule has 27 heavy (non-hydrogen) atoms. The number of aromatic nitrogens is 1. The highest BCUT2D eigenvalue weighted by molar-refractivity contribution is 7.17. The van der Waals surface area contributed by atoms with Crippen molar-refractivity contribution >= 4 is 34.2 Å². The van der Waals surface area contributed by atoms with Crippen molar-refractivity contribution in [3.05, 3.63) is 40.0 Å². The van der Waals surface area contributed by atoms with E-state index in [2.05, 4.69) is 5.32 Å². The van der Waals surface area contributed by atoms with Gasteiger partial charge in [-0.25, -0.2) is 9.59 Å². The molecular formula is C19H22N2O5S. The van der Waals surface area contributed by atoms with Gasteiger partial charge in [-0.2, -0.15) is 0 Å². The highest BCUT2D eigenvalue weighted by Crippen LogP contribution is 2.37. The van der Waals surface area contributed by atoms with Crippen molar-refractivity contribution in [2.45, 2.75) is 32.1 Å². The van der Waals surface area contributed by atoms with Crippen LogP contribution < -0.4 is 5.32 Å². The number of aryl methyl sites for hydroxylation is 2. The van der Waals surface area contributed by atoms with E-state index in [9.17, 15) is 14.4 Å². The molecular weight excluding hydrogens is 368 g/mol. The van der Waals surface area contributed by atoms with Crippen LogP contribution in [0.2, 0.25) is 0 Å². The van der Waals surface area contributed by atoms with Crippen LogP contribution >= 0.6 is 11.3 Å². The van der Waals surface area contributed by atoms with Crippen LogP contribution in [0.25, 0.3) is 0 Å². The number of esters is 2. The van der Waals surface area contributed by atoms with E-state index in [1.54, 1.807) is 29.9 Å². The molecule has 0 saturated carbocycles. The number of anilines is 1. The Labute approximate surface area is 161 Å². The second-order valence-corrected chi connectivity index (χ2v) is 7.49. The van der Waals surface area contributed by atoms with Gasteiger partial charge < -0.3 is 19.4 Å². The van der Waals surface area contributed by atoms with Crippen LogP contribution in [-0.4, -0.2) is 36.1 Å². The van der Waals surface area contributed by atoms with Crippen molar-refractivity contribution in [2.75, 3.05) is 19.0 Å². The minimum Gasteiger partial charge on any atom is -0.465 e. The smallest absolute Gasteiger partial charge is 0.355 e. The van der Waals surface area contributed by atoms with E-state index in [1.807, 2.05) is 0 Å². The standard InChI is InChI=1S/C19H22N2O5S/c1-21-10-6-8-13(21)18(23)26-11-15(22)20-17-16(19(24)25-2)12-7-4-3-5-9-14(12)27-17/h6,8,10H,3-5,7,9,11H2,1-2H3,(H,20,22). The Kier molecular flexibility index (Phi) is 5.95. The molecule has 0 atom stereocenters. The topological polar surface area (TPSA) is 86.6 Å². The maximum Gasteiger partial charge on any atom is 0.355 e. The largest absolute Gasteiger partial charge is 0.465 e. The van der Waals surface area contributed by atoms with E-state index in [1.165, 1.54) is 18.4 Å². The average molecular weight is 390 g/mol. The summed E-state index contributed by atoms with van der Waals surface area (Å²) < 4.78 is 11.6. The Balaban J connectivity index is 1.71. The first-order valence-electron chi connectivity index (χ1n) is 8.82. The number of hydrogen-bond donors (Lipinski definition) is 1. The third-order valence-corrected chi connectivity index (χ3v) is 5.76. The summed E-state index contributed by atoms with van der Waals surface area (Å²) in [6.07, 6.45) is 6.61. The van der Waals surface area contributed by atoms with Gasteiger partial charge in [-0.3, -0.25) is 4.79 Å². The third kappa shape index (κ3) is 4.21. The minimum absolute atomic E-state index is 0.362. The van der Waals surface area contributed by atoms with Gasteiger partial charge >= 0.3 is 11.9 Å².